The van der Waals surface area contributed by atoms with Gasteiger partial charge in [0.05, 0.1) is 6.54 Å². The maximum atomic E-state index is 12.4. The van der Waals surface area contributed by atoms with Gasteiger partial charge in [-0.25, -0.2) is 10.2 Å². The number of amides is 2. The molecule has 2 aromatic carbocycles. The minimum Gasteiger partial charge on any atom is -0.448 e. The number of carbonyl (C=O) groups is 2. The van der Waals surface area contributed by atoms with Crippen molar-refractivity contribution in [3.05, 3.63) is 83.6 Å². The van der Waals surface area contributed by atoms with Gasteiger partial charge in [-0.3, -0.25) is 9.80 Å². The number of unbranched alkanes of at least 4 members (excludes halogenated alkanes) is 3. The molecule has 0 saturated heterocycles. The molecule has 8 heteroatoms. The molecule has 0 spiro atoms. The largest absolute Gasteiger partial charge is 0.448 e. The Balaban J connectivity index is 1.20. The fourth-order valence-electron chi connectivity index (χ4n) is 4.43. The van der Waals surface area contributed by atoms with Crippen LogP contribution in [0.5, 0.6) is 0 Å². The second kappa shape index (κ2) is 12.2. The first-order valence-electron chi connectivity index (χ1n) is 12.1. The molecule has 0 bridgehead atoms. The Morgan fingerprint density at radius 3 is 2.37 bits per heavy atom. The molecule has 2 aromatic rings. The number of allylic oxidation sites excluding steroid dienone is 2. The molecule has 0 saturated carbocycles. The Morgan fingerprint density at radius 2 is 1.66 bits per heavy atom. The Kier molecular flexibility index (Phi) is 8.53. The summed E-state index contributed by atoms with van der Waals surface area (Å²) in [6.07, 6.45) is 8.23. The van der Waals surface area contributed by atoms with E-state index < -0.39 is 6.09 Å². The number of hydrazine groups is 2. The Labute approximate surface area is 205 Å². The zero-order valence-electron chi connectivity index (χ0n) is 19.7. The molecule has 8 nitrogen and oxygen atoms in total. The Hall–Kier alpha value is -3.62. The van der Waals surface area contributed by atoms with E-state index in [2.05, 4.69) is 40.5 Å². The molecule has 4 N–H and O–H groups in total. The Bertz CT molecular complexity index is 1050. The molecular weight excluding hydrogens is 444 g/mol. The maximum Gasteiger partial charge on any atom is 0.423 e. The van der Waals surface area contributed by atoms with Gasteiger partial charge in [-0.2, -0.15) is 0 Å². The van der Waals surface area contributed by atoms with Gasteiger partial charge < -0.3 is 15.2 Å². The normalized spacial score (nSPS) is 14.2. The molecule has 0 aromatic heterocycles. The van der Waals surface area contributed by atoms with E-state index in [4.69, 9.17) is 9.84 Å². The average molecular weight is 477 g/mol. The van der Waals surface area contributed by atoms with Gasteiger partial charge in [0.25, 0.3) is 0 Å². The van der Waals surface area contributed by atoms with Crippen molar-refractivity contribution < 1.29 is 19.4 Å². The minimum absolute atomic E-state index is 0.00935. The lowest BCUT2D eigenvalue weighted by atomic mass is 9.98. The van der Waals surface area contributed by atoms with E-state index in [1.165, 1.54) is 11.1 Å². The molecule has 184 valence electrons. The van der Waals surface area contributed by atoms with Crippen molar-refractivity contribution in [1.29, 1.82) is 0 Å². The molecule has 0 radical (unpaired) electrons. The van der Waals surface area contributed by atoms with E-state index in [0.29, 0.717) is 18.7 Å². The summed E-state index contributed by atoms with van der Waals surface area (Å²) in [5.41, 5.74) is 10.6. The molecule has 2 aliphatic rings. The molecule has 35 heavy (non-hydrogen) atoms. The van der Waals surface area contributed by atoms with Crippen molar-refractivity contribution in [3.8, 4) is 11.1 Å². The smallest absolute Gasteiger partial charge is 0.423 e. The van der Waals surface area contributed by atoms with Gasteiger partial charge in [0, 0.05) is 30.8 Å². The van der Waals surface area contributed by atoms with E-state index in [0.717, 1.165) is 36.8 Å². The number of hydrogen-bond donors (Lipinski definition) is 4. The van der Waals surface area contributed by atoms with Crippen LogP contribution in [0.1, 0.15) is 42.7 Å². The lowest BCUT2D eigenvalue weighted by Gasteiger charge is -2.25. The summed E-state index contributed by atoms with van der Waals surface area (Å²) in [4.78, 5) is 24.8. The number of nitrogens with zero attached hydrogens (tertiary/aromatic N) is 1. The molecule has 4 rings (SSSR count). The molecule has 0 atom stereocenters. The molecule has 1 aliphatic carbocycles. The van der Waals surface area contributed by atoms with Crippen LogP contribution < -0.4 is 16.3 Å². The van der Waals surface area contributed by atoms with Gasteiger partial charge in [-0.15, -0.1) is 5.53 Å². The zero-order chi connectivity index (χ0) is 24.5. The summed E-state index contributed by atoms with van der Waals surface area (Å²) in [6.45, 7) is 1.33. The van der Waals surface area contributed by atoms with Crippen LogP contribution in [0.2, 0.25) is 0 Å². The number of carbonyl (C=O) groups excluding carboxylic acids is 2. The van der Waals surface area contributed by atoms with E-state index in [1.54, 1.807) is 23.4 Å². The molecule has 1 aliphatic heterocycles. The highest BCUT2D eigenvalue weighted by atomic mass is 16.6. The topological polar surface area (TPSA) is 103 Å². The van der Waals surface area contributed by atoms with Gasteiger partial charge in [-0.05, 0) is 41.2 Å². The Morgan fingerprint density at radius 1 is 0.971 bits per heavy atom. The number of aliphatic hydroxyl groups is 1. The van der Waals surface area contributed by atoms with Crippen molar-refractivity contribution in [2.45, 2.75) is 31.6 Å². The van der Waals surface area contributed by atoms with Crippen molar-refractivity contribution >= 4 is 12.0 Å². The summed E-state index contributed by atoms with van der Waals surface area (Å²) in [5, 5.41) is 13.3. The van der Waals surface area contributed by atoms with Gasteiger partial charge in [0.2, 0.25) is 5.91 Å². The van der Waals surface area contributed by atoms with E-state index in [-0.39, 0.29) is 25.0 Å². The predicted octanol–water partition coefficient (Wildman–Crippen LogP) is 3.37. The summed E-state index contributed by atoms with van der Waals surface area (Å²) >= 11 is 0. The van der Waals surface area contributed by atoms with Crippen LogP contribution in [-0.4, -0.2) is 48.4 Å². The fourth-order valence-corrected chi connectivity index (χ4v) is 4.43. The third kappa shape index (κ3) is 6.29. The monoisotopic (exact) mass is 476 g/mol. The second-order valence-electron chi connectivity index (χ2n) is 8.62. The highest BCUT2D eigenvalue weighted by molar-refractivity contribution is 5.94. The van der Waals surface area contributed by atoms with E-state index >= 15 is 0 Å². The molecule has 1 heterocycles. The highest BCUT2D eigenvalue weighted by Gasteiger charge is 2.29. The number of hydrogen-bond acceptors (Lipinski definition) is 6. The third-order valence-corrected chi connectivity index (χ3v) is 6.21. The average Bonchev–Trinajstić information content (AvgIpc) is 3.22. The number of ether oxygens (including phenoxy) is 1. The maximum absolute atomic E-state index is 12.4. The first-order chi connectivity index (χ1) is 17.2. The van der Waals surface area contributed by atoms with Crippen LogP contribution in [0.3, 0.4) is 0 Å². The van der Waals surface area contributed by atoms with Crippen LogP contribution in [-0.2, 0) is 9.53 Å². The lowest BCUT2D eigenvalue weighted by molar-refractivity contribution is -0.117. The van der Waals surface area contributed by atoms with Gasteiger partial charge in [-0.1, -0.05) is 67.4 Å². The van der Waals surface area contributed by atoms with Crippen molar-refractivity contribution in [1.82, 2.24) is 21.3 Å². The fraction of sp³-hybridized carbons (Fsp3) is 0.333. The van der Waals surface area contributed by atoms with Gasteiger partial charge in [0.15, 0.2) is 0 Å². The van der Waals surface area contributed by atoms with E-state index in [1.807, 2.05) is 24.3 Å². The SMILES string of the molecule is O=C(NNN1C=CC=C(C(=O)NCCCCCCO)C1)OCC1c2ccccc2-c2ccccc21. The van der Waals surface area contributed by atoms with Crippen molar-refractivity contribution in [2.24, 2.45) is 0 Å². The van der Waals surface area contributed by atoms with E-state index in [9.17, 15) is 9.59 Å². The third-order valence-electron chi connectivity index (χ3n) is 6.21. The van der Waals surface area contributed by atoms with Crippen molar-refractivity contribution in [2.75, 3.05) is 26.3 Å². The number of benzene rings is 2. The standard InChI is InChI=1S/C27H32N4O4/c32-17-8-2-1-7-15-28-26(33)20-10-9-16-31(18-20)30-29-27(34)35-19-25-23-13-5-3-11-21(23)22-12-4-6-14-24(22)25/h3-6,9-14,16,25,30,32H,1-2,7-8,15,17-19H2,(H,28,33)(H,29,34). The first-order valence-corrected chi connectivity index (χ1v) is 12.1. The second-order valence-corrected chi connectivity index (χ2v) is 8.62. The first kappa shape index (κ1) is 24.5. The van der Waals surface area contributed by atoms with Gasteiger partial charge >= 0.3 is 6.09 Å². The van der Waals surface area contributed by atoms with Crippen molar-refractivity contribution in [3.63, 3.8) is 0 Å². The zero-order valence-corrected chi connectivity index (χ0v) is 19.7. The van der Waals surface area contributed by atoms with Crippen LogP contribution in [0, 0.1) is 0 Å². The lowest BCUT2D eigenvalue weighted by Crippen LogP contribution is -2.49. The van der Waals surface area contributed by atoms with Crippen LogP contribution in [0.4, 0.5) is 4.79 Å². The minimum atomic E-state index is -0.594. The molecular formula is C27H32N4O4. The summed E-state index contributed by atoms with van der Waals surface area (Å²) in [7, 11) is 0. The number of nitrogens with one attached hydrogen (secondary N) is 3. The summed E-state index contributed by atoms with van der Waals surface area (Å²) < 4.78 is 5.53. The summed E-state index contributed by atoms with van der Waals surface area (Å²) in [5.74, 6) is -0.144. The van der Waals surface area contributed by atoms with Crippen LogP contribution in [0.25, 0.3) is 11.1 Å². The predicted molar refractivity (Wildman–Crippen MR) is 134 cm³/mol. The number of aliphatic hydroxyl groups excluding tert-OH is 1. The van der Waals surface area contributed by atoms with Crippen LogP contribution >= 0.6 is 0 Å². The van der Waals surface area contributed by atoms with Crippen LogP contribution in [0.15, 0.2) is 72.5 Å². The molecule has 2 amide bonds. The number of rotatable bonds is 11. The molecule has 0 fully saturated rings. The molecule has 0 unspecified atom stereocenters. The highest BCUT2D eigenvalue weighted by Crippen LogP contribution is 2.44. The summed E-state index contributed by atoms with van der Waals surface area (Å²) in [6, 6.07) is 16.4. The number of fused-ring (bicyclic) bond motifs is 3. The quantitative estimate of drug-likeness (QED) is 0.293. The van der Waals surface area contributed by atoms with Gasteiger partial charge in [0.1, 0.15) is 6.61 Å².